The first kappa shape index (κ1) is 13.7. The highest BCUT2D eigenvalue weighted by molar-refractivity contribution is 5.88. The van der Waals surface area contributed by atoms with E-state index in [-0.39, 0.29) is 6.79 Å². The van der Waals surface area contributed by atoms with Crippen molar-refractivity contribution in [1.82, 2.24) is 4.57 Å². The van der Waals surface area contributed by atoms with Gasteiger partial charge in [-0.3, -0.25) is 0 Å². The molecule has 21 heavy (non-hydrogen) atoms. The second kappa shape index (κ2) is 5.62. The van der Waals surface area contributed by atoms with E-state index < -0.39 is 0 Å². The molecule has 3 heteroatoms. The summed E-state index contributed by atoms with van der Waals surface area (Å²) in [6.07, 6.45) is 0. The fourth-order valence-corrected chi connectivity index (χ4v) is 2.75. The smallest absolute Gasteiger partial charge is 0.186 e. The van der Waals surface area contributed by atoms with Gasteiger partial charge < -0.3 is 14.4 Å². The first-order valence-corrected chi connectivity index (χ1v) is 7.15. The second-order valence-corrected chi connectivity index (χ2v) is 5.35. The summed E-state index contributed by atoms with van der Waals surface area (Å²) in [5, 5.41) is 10.1. The predicted octanol–water partition coefficient (Wildman–Crippen LogP) is 4.22. The van der Waals surface area contributed by atoms with E-state index in [1.165, 1.54) is 16.6 Å². The number of rotatable bonds is 4. The summed E-state index contributed by atoms with van der Waals surface area (Å²) in [5.41, 5.74) is 3.52. The van der Waals surface area contributed by atoms with E-state index in [0.717, 1.165) is 5.52 Å². The molecule has 0 aliphatic heterocycles. The van der Waals surface area contributed by atoms with Gasteiger partial charge in [-0.1, -0.05) is 30.3 Å². The monoisotopic (exact) mass is 281 g/mol. The molecule has 0 saturated heterocycles. The van der Waals surface area contributed by atoms with Gasteiger partial charge in [-0.25, -0.2) is 0 Å². The van der Waals surface area contributed by atoms with Crippen LogP contribution in [0.4, 0.5) is 0 Å². The molecular formula is C18H19NO2. The van der Waals surface area contributed by atoms with Crippen LogP contribution in [0.15, 0.2) is 54.6 Å². The molecular weight excluding hydrogens is 262 g/mol. The predicted molar refractivity (Wildman–Crippen MR) is 85.5 cm³/mol. The standard InChI is InChI=1S/C18H19NO2/c1-13(2)19-17(14-6-4-3-5-7-14)10-15-8-9-16(21-12-20)11-18(15)19/h3-11,13,20H,12H2,1-2H3. The third kappa shape index (κ3) is 2.52. The zero-order valence-corrected chi connectivity index (χ0v) is 12.3. The molecule has 0 atom stereocenters. The van der Waals surface area contributed by atoms with Crippen molar-refractivity contribution in [3.05, 3.63) is 54.6 Å². The van der Waals surface area contributed by atoms with Crippen LogP contribution in [0.5, 0.6) is 5.75 Å². The molecule has 0 saturated carbocycles. The average molecular weight is 281 g/mol. The Morgan fingerprint density at radius 3 is 2.48 bits per heavy atom. The maximum Gasteiger partial charge on any atom is 0.186 e. The molecule has 0 fully saturated rings. The lowest BCUT2D eigenvalue weighted by Crippen LogP contribution is -2.02. The molecule has 1 heterocycles. The number of hydrogen-bond acceptors (Lipinski definition) is 2. The molecule has 1 N–H and O–H groups in total. The van der Waals surface area contributed by atoms with Crippen LogP contribution in [0.1, 0.15) is 19.9 Å². The second-order valence-electron chi connectivity index (χ2n) is 5.35. The topological polar surface area (TPSA) is 34.4 Å². The van der Waals surface area contributed by atoms with Crippen LogP contribution in [0.3, 0.4) is 0 Å². The first-order chi connectivity index (χ1) is 10.2. The van der Waals surface area contributed by atoms with Crippen molar-refractivity contribution in [2.45, 2.75) is 19.9 Å². The van der Waals surface area contributed by atoms with Crippen LogP contribution in [0.25, 0.3) is 22.2 Å². The average Bonchev–Trinajstić information content (AvgIpc) is 2.87. The third-order valence-corrected chi connectivity index (χ3v) is 3.63. The highest BCUT2D eigenvalue weighted by atomic mass is 16.6. The summed E-state index contributed by atoms with van der Waals surface area (Å²) in [6, 6.07) is 18.8. The minimum absolute atomic E-state index is 0.306. The van der Waals surface area contributed by atoms with Crippen LogP contribution in [0.2, 0.25) is 0 Å². The Balaban J connectivity index is 2.23. The first-order valence-electron chi connectivity index (χ1n) is 7.15. The molecule has 1 aromatic heterocycles. The van der Waals surface area contributed by atoms with Gasteiger partial charge in [0.25, 0.3) is 0 Å². The number of hydrogen-bond donors (Lipinski definition) is 1. The van der Waals surface area contributed by atoms with Crippen molar-refractivity contribution in [2.75, 3.05) is 6.79 Å². The summed E-state index contributed by atoms with van der Waals surface area (Å²) in [4.78, 5) is 0. The summed E-state index contributed by atoms with van der Waals surface area (Å²) in [7, 11) is 0. The molecule has 0 aliphatic carbocycles. The molecule has 3 aromatic rings. The maximum absolute atomic E-state index is 8.92. The van der Waals surface area contributed by atoms with Gasteiger partial charge in [0, 0.05) is 23.2 Å². The van der Waals surface area contributed by atoms with Gasteiger partial charge in [0.2, 0.25) is 0 Å². The fraction of sp³-hybridized carbons (Fsp3) is 0.222. The van der Waals surface area contributed by atoms with Crippen LogP contribution < -0.4 is 4.74 Å². The van der Waals surface area contributed by atoms with Crippen LogP contribution in [0, 0.1) is 0 Å². The molecule has 0 amide bonds. The molecule has 3 nitrogen and oxygen atoms in total. The number of aliphatic hydroxyl groups is 1. The largest absolute Gasteiger partial charge is 0.468 e. The Labute approximate surface area is 124 Å². The summed E-state index contributed by atoms with van der Waals surface area (Å²) >= 11 is 0. The fourth-order valence-electron chi connectivity index (χ4n) is 2.75. The molecule has 2 aromatic carbocycles. The summed E-state index contributed by atoms with van der Waals surface area (Å²) in [5.74, 6) is 0.685. The number of benzene rings is 2. The molecule has 0 bridgehead atoms. The number of aromatic nitrogens is 1. The van der Waals surface area contributed by atoms with Gasteiger partial charge in [0.05, 0.1) is 5.52 Å². The molecule has 0 spiro atoms. The Morgan fingerprint density at radius 2 is 1.81 bits per heavy atom. The SMILES string of the molecule is CC(C)n1c(-c2ccccc2)cc2ccc(OCO)cc21. The zero-order valence-electron chi connectivity index (χ0n) is 12.3. The normalized spacial score (nSPS) is 11.2. The highest BCUT2D eigenvalue weighted by Gasteiger charge is 2.13. The van der Waals surface area contributed by atoms with Crippen molar-refractivity contribution >= 4 is 10.9 Å². The summed E-state index contributed by atoms with van der Waals surface area (Å²) in [6.45, 7) is 4.04. The van der Waals surface area contributed by atoms with E-state index in [1.54, 1.807) is 0 Å². The van der Waals surface area contributed by atoms with Crippen molar-refractivity contribution in [3.8, 4) is 17.0 Å². The Morgan fingerprint density at radius 1 is 1.05 bits per heavy atom. The lowest BCUT2D eigenvalue weighted by molar-refractivity contribution is 0.0987. The Kier molecular flexibility index (Phi) is 3.67. The number of nitrogens with zero attached hydrogens (tertiary/aromatic N) is 1. The maximum atomic E-state index is 8.92. The van der Waals surface area contributed by atoms with E-state index in [1.807, 2.05) is 24.3 Å². The molecule has 108 valence electrons. The van der Waals surface area contributed by atoms with E-state index in [4.69, 9.17) is 9.84 Å². The molecule has 0 radical (unpaired) electrons. The van der Waals surface area contributed by atoms with Crippen molar-refractivity contribution in [1.29, 1.82) is 0 Å². The van der Waals surface area contributed by atoms with Gasteiger partial charge in [-0.05, 0) is 37.6 Å². The van der Waals surface area contributed by atoms with Crippen molar-refractivity contribution in [2.24, 2.45) is 0 Å². The van der Waals surface area contributed by atoms with Crippen molar-refractivity contribution in [3.63, 3.8) is 0 Å². The van der Waals surface area contributed by atoms with Gasteiger partial charge in [0.1, 0.15) is 5.75 Å². The number of fused-ring (bicyclic) bond motifs is 1. The molecule has 0 aliphatic rings. The number of ether oxygens (including phenoxy) is 1. The van der Waals surface area contributed by atoms with Gasteiger partial charge >= 0.3 is 0 Å². The quantitative estimate of drug-likeness (QED) is 0.727. The summed E-state index contributed by atoms with van der Waals surface area (Å²) < 4.78 is 7.51. The van der Waals surface area contributed by atoms with Crippen LogP contribution in [-0.4, -0.2) is 16.5 Å². The van der Waals surface area contributed by atoms with Crippen LogP contribution >= 0.6 is 0 Å². The zero-order chi connectivity index (χ0) is 14.8. The molecule has 0 unspecified atom stereocenters. The Bertz CT molecular complexity index is 745. The highest BCUT2D eigenvalue weighted by Crippen LogP contribution is 2.33. The van der Waals surface area contributed by atoms with Crippen molar-refractivity contribution < 1.29 is 9.84 Å². The van der Waals surface area contributed by atoms with E-state index in [0.29, 0.717) is 11.8 Å². The van der Waals surface area contributed by atoms with E-state index >= 15 is 0 Å². The number of aliphatic hydroxyl groups excluding tert-OH is 1. The van der Waals surface area contributed by atoms with Gasteiger partial charge in [-0.15, -0.1) is 0 Å². The lowest BCUT2D eigenvalue weighted by Gasteiger charge is -2.15. The van der Waals surface area contributed by atoms with Gasteiger partial charge in [-0.2, -0.15) is 0 Å². The molecule has 3 rings (SSSR count). The minimum atomic E-state index is -0.306. The Hall–Kier alpha value is -2.26. The van der Waals surface area contributed by atoms with E-state index in [9.17, 15) is 0 Å². The van der Waals surface area contributed by atoms with Gasteiger partial charge in [0.15, 0.2) is 6.79 Å². The third-order valence-electron chi connectivity index (χ3n) is 3.63. The van der Waals surface area contributed by atoms with Crippen LogP contribution in [-0.2, 0) is 0 Å². The lowest BCUT2D eigenvalue weighted by atomic mass is 10.1. The van der Waals surface area contributed by atoms with E-state index in [2.05, 4.69) is 48.7 Å². The minimum Gasteiger partial charge on any atom is -0.468 e.